The Hall–Kier alpha value is -1.11. The van der Waals surface area contributed by atoms with Crippen LogP contribution in [-0.2, 0) is 10.0 Å². The minimum absolute atomic E-state index is 0.105. The normalized spacial score (nSPS) is 19.1. The van der Waals surface area contributed by atoms with Crippen molar-refractivity contribution < 1.29 is 8.42 Å². The summed E-state index contributed by atoms with van der Waals surface area (Å²) in [6.07, 6.45) is 1.13. The van der Waals surface area contributed by atoms with E-state index in [1.807, 2.05) is 26.0 Å². The number of likely N-dealkylation sites (N-methyl/N-ethyl adjacent to an activating group) is 1. The Bertz CT molecular complexity index is 549. The summed E-state index contributed by atoms with van der Waals surface area (Å²) in [6, 6.07) is 7.56. The largest absolute Gasteiger partial charge is 0.367 e. The molecule has 0 bridgehead atoms. The number of hydrogen-bond acceptors (Lipinski definition) is 4. The van der Waals surface area contributed by atoms with Crippen LogP contribution >= 0.6 is 0 Å². The highest BCUT2D eigenvalue weighted by atomic mass is 32.2. The molecule has 0 radical (unpaired) electrons. The Morgan fingerprint density at radius 2 is 2.00 bits per heavy atom. The topological polar surface area (TPSA) is 61.4 Å². The number of hydrogen-bond donors (Lipinski definition) is 2. The molecule has 1 saturated heterocycles. The fourth-order valence-corrected chi connectivity index (χ4v) is 4.00. The first kappa shape index (κ1) is 16.3. The zero-order chi connectivity index (χ0) is 15.5. The lowest BCUT2D eigenvalue weighted by Gasteiger charge is -2.29. The molecular formula is C15H25N3O2S. The van der Waals surface area contributed by atoms with Crippen LogP contribution in [0.4, 0.5) is 5.69 Å². The maximum atomic E-state index is 12.1. The van der Waals surface area contributed by atoms with Crippen LogP contribution in [0.5, 0.6) is 0 Å². The number of nitrogens with zero attached hydrogens (tertiary/aromatic N) is 1. The molecule has 21 heavy (non-hydrogen) atoms. The summed E-state index contributed by atoms with van der Waals surface area (Å²) in [4.78, 5) is 2.65. The zero-order valence-corrected chi connectivity index (χ0v) is 13.8. The summed E-state index contributed by atoms with van der Waals surface area (Å²) < 4.78 is 26.8. The van der Waals surface area contributed by atoms with Gasteiger partial charge < -0.3 is 10.2 Å². The van der Waals surface area contributed by atoms with Crippen molar-refractivity contribution in [1.29, 1.82) is 0 Å². The molecule has 1 atom stereocenters. The van der Waals surface area contributed by atoms with E-state index in [0.717, 1.165) is 31.7 Å². The van der Waals surface area contributed by atoms with Gasteiger partial charge in [-0.25, -0.2) is 13.1 Å². The van der Waals surface area contributed by atoms with Crippen molar-refractivity contribution in [1.82, 2.24) is 10.0 Å². The highest BCUT2D eigenvalue weighted by Crippen LogP contribution is 2.22. The molecule has 118 valence electrons. The van der Waals surface area contributed by atoms with Crippen molar-refractivity contribution in [2.45, 2.75) is 44.2 Å². The van der Waals surface area contributed by atoms with E-state index in [1.165, 1.54) is 0 Å². The molecule has 0 amide bonds. The van der Waals surface area contributed by atoms with Crippen molar-refractivity contribution in [3.63, 3.8) is 0 Å². The smallest absolute Gasteiger partial charge is 0.240 e. The Labute approximate surface area is 127 Å². The lowest BCUT2D eigenvalue weighted by Crippen LogP contribution is -2.36. The Kier molecular flexibility index (Phi) is 5.24. The van der Waals surface area contributed by atoms with Crippen LogP contribution < -0.4 is 14.9 Å². The third kappa shape index (κ3) is 3.96. The van der Waals surface area contributed by atoms with Gasteiger partial charge in [0.05, 0.1) is 4.90 Å². The van der Waals surface area contributed by atoms with E-state index in [9.17, 15) is 8.42 Å². The lowest BCUT2D eigenvalue weighted by molar-refractivity contribution is 0.570. The average molecular weight is 311 g/mol. The van der Waals surface area contributed by atoms with Gasteiger partial charge in [-0.1, -0.05) is 0 Å². The fourth-order valence-electron chi connectivity index (χ4n) is 2.75. The first-order valence-corrected chi connectivity index (χ1v) is 9.02. The maximum Gasteiger partial charge on any atom is 0.240 e. The number of anilines is 1. The van der Waals surface area contributed by atoms with Crippen molar-refractivity contribution in [2.24, 2.45) is 0 Å². The molecule has 1 aromatic rings. The molecule has 2 rings (SSSR count). The minimum Gasteiger partial charge on any atom is -0.367 e. The summed E-state index contributed by atoms with van der Waals surface area (Å²) in [7, 11) is -3.41. The second kappa shape index (κ2) is 6.77. The molecule has 1 aliphatic rings. The van der Waals surface area contributed by atoms with E-state index in [4.69, 9.17) is 0 Å². The number of nitrogens with one attached hydrogen (secondary N) is 2. The minimum atomic E-state index is -3.41. The van der Waals surface area contributed by atoms with E-state index in [2.05, 4.69) is 21.9 Å². The molecule has 0 saturated carbocycles. The Morgan fingerprint density at radius 1 is 1.33 bits per heavy atom. The van der Waals surface area contributed by atoms with Crippen LogP contribution in [0.3, 0.4) is 0 Å². The van der Waals surface area contributed by atoms with Crippen LogP contribution in [0.2, 0.25) is 0 Å². The molecule has 0 aliphatic carbocycles. The van der Waals surface area contributed by atoms with E-state index in [-0.39, 0.29) is 6.04 Å². The van der Waals surface area contributed by atoms with Gasteiger partial charge >= 0.3 is 0 Å². The van der Waals surface area contributed by atoms with Gasteiger partial charge in [-0.05, 0) is 58.0 Å². The molecular weight excluding hydrogens is 286 g/mol. The van der Waals surface area contributed by atoms with E-state index in [0.29, 0.717) is 10.9 Å². The van der Waals surface area contributed by atoms with E-state index < -0.39 is 10.0 Å². The van der Waals surface area contributed by atoms with Crippen LogP contribution in [0.25, 0.3) is 0 Å². The van der Waals surface area contributed by atoms with Gasteiger partial charge in [-0.3, -0.25) is 0 Å². The zero-order valence-electron chi connectivity index (χ0n) is 13.0. The first-order valence-electron chi connectivity index (χ1n) is 7.54. The van der Waals surface area contributed by atoms with Crippen molar-refractivity contribution in [3.05, 3.63) is 24.3 Å². The standard InChI is InChI=1S/C15H25N3O2S/c1-4-18(14-9-10-16-11-14)13-5-7-15(8-6-13)21(19,20)17-12(2)3/h5-8,12,14,16-17H,4,9-11H2,1-3H3. The first-order chi connectivity index (χ1) is 9.94. The number of rotatable bonds is 6. The van der Waals surface area contributed by atoms with Gasteiger partial charge in [0, 0.05) is 30.9 Å². The molecule has 0 aromatic heterocycles. The van der Waals surface area contributed by atoms with Gasteiger partial charge in [-0.15, -0.1) is 0 Å². The quantitative estimate of drug-likeness (QED) is 0.837. The van der Waals surface area contributed by atoms with Crippen LogP contribution in [0.15, 0.2) is 29.2 Å². The Morgan fingerprint density at radius 3 is 2.48 bits per heavy atom. The van der Waals surface area contributed by atoms with Gasteiger partial charge in [-0.2, -0.15) is 0 Å². The van der Waals surface area contributed by atoms with Crippen molar-refractivity contribution in [2.75, 3.05) is 24.5 Å². The van der Waals surface area contributed by atoms with Gasteiger partial charge in [0.15, 0.2) is 0 Å². The van der Waals surface area contributed by atoms with Gasteiger partial charge in [0.2, 0.25) is 10.0 Å². The molecule has 1 aliphatic heterocycles. The summed E-state index contributed by atoms with van der Waals surface area (Å²) in [5, 5.41) is 3.37. The molecule has 1 fully saturated rings. The van der Waals surface area contributed by atoms with Crippen molar-refractivity contribution >= 4 is 15.7 Å². The lowest BCUT2D eigenvalue weighted by atomic mass is 10.2. The highest BCUT2D eigenvalue weighted by Gasteiger charge is 2.22. The summed E-state index contributed by atoms with van der Waals surface area (Å²) in [5.74, 6) is 0. The van der Waals surface area contributed by atoms with Crippen LogP contribution in [0.1, 0.15) is 27.2 Å². The maximum absolute atomic E-state index is 12.1. The Balaban J connectivity index is 2.17. The summed E-state index contributed by atoms with van der Waals surface area (Å²) in [6.45, 7) is 8.72. The molecule has 5 nitrogen and oxygen atoms in total. The predicted octanol–water partition coefficient (Wildman–Crippen LogP) is 1.56. The molecule has 1 heterocycles. The highest BCUT2D eigenvalue weighted by molar-refractivity contribution is 7.89. The third-order valence-corrected chi connectivity index (χ3v) is 5.36. The fraction of sp³-hybridized carbons (Fsp3) is 0.600. The number of benzene rings is 1. The second-order valence-electron chi connectivity index (χ2n) is 5.70. The molecule has 6 heteroatoms. The molecule has 2 N–H and O–H groups in total. The van der Waals surface area contributed by atoms with E-state index >= 15 is 0 Å². The van der Waals surface area contributed by atoms with Crippen LogP contribution in [-0.4, -0.2) is 40.1 Å². The van der Waals surface area contributed by atoms with Crippen molar-refractivity contribution in [3.8, 4) is 0 Å². The average Bonchev–Trinajstić information content (AvgIpc) is 2.93. The SMILES string of the molecule is CCN(c1ccc(S(=O)(=O)NC(C)C)cc1)C1CCNC1. The molecule has 1 unspecified atom stereocenters. The third-order valence-electron chi connectivity index (χ3n) is 3.69. The van der Waals surface area contributed by atoms with Crippen LogP contribution in [0, 0.1) is 0 Å². The molecule has 0 spiro atoms. The number of sulfonamides is 1. The second-order valence-corrected chi connectivity index (χ2v) is 7.42. The van der Waals surface area contributed by atoms with E-state index in [1.54, 1.807) is 12.1 Å². The summed E-state index contributed by atoms with van der Waals surface area (Å²) in [5.41, 5.74) is 1.08. The van der Waals surface area contributed by atoms with Gasteiger partial charge in [0.25, 0.3) is 0 Å². The summed E-state index contributed by atoms with van der Waals surface area (Å²) >= 11 is 0. The predicted molar refractivity (Wildman–Crippen MR) is 86.2 cm³/mol. The van der Waals surface area contributed by atoms with Gasteiger partial charge in [0.1, 0.15) is 0 Å². The monoisotopic (exact) mass is 311 g/mol. The molecule has 1 aromatic carbocycles.